The second kappa shape index (κ2) is 8.53. The Bertz CT molecular complexity index is 829. The monoisotopic (exact) mass is 363 g/mol. The SMILES string of the molecule is CCC(CN1CCCCC1)n1cncc1-c1cnn(Cc2ccccc2)c1. The average Bonchev–Trinajstić information content (AvgIpc) is 3.37. The Balaban J connectivity index is 1.50. The maximum atomic E-state index is 4.57. The van der Waals surface area contributed by atoms with Gasteiger partial charge in [-0.15, -0.1) is 0 Å². The molecule has 0 saturated carbocycles. The minimum atomic E-state index is 0.457. The molecule has 0 N–H and O–H groups in total. The van der Waals surface area contributed by atoms with Crippen LogP contribution in [0.15, 0.2) is 55.2 Å². The largest absolute Gasteiger partial charge is 0.326 e. The van der Waals surface area contributed by atoms with E-state index in [1.807, 2.05) is 29.5 Å². The fourth-order valence-corrected chi connectivity index (χ4v) is 4.03. The van der Waals surface area contributed by atoms with E-state index in [1.54, 1.807) is 0 Å². The predicted octanol–water partition coefficient (Wildman–Crippen LogP) is 4.23. The summed E-state index contributed by atoms with van der Waals surface area (Å²) in [7, 11) is 0. The molecule has 3 aromatic rings. The lowest BCUT2D eigenvalue weighted by Gasteiger charge is -2.31. The Morgan fingerprint density at radius 2 is 1.85 bits per heavy atom. The molecule has 4 rings (SSSR count). The number of aromatic nitrogens is 4. The number of imidazole rings is 1. The molecule has 0 spiro atoms. The molecule has 5 nitrogen and oxygen atoms in total. The molecule has 0 radical (unpaired) electrons. The summed E-state index contributed by atoms with van der Waals surface area (Å²) >= 11 is 0. The summed E-state index contributed by atoms with van der Waals surface area (Å²) in [6, 6.07) is 10.9. The first-order valence-corrected chi connectivity index (χ1v) is 10.1. The van der Waals surface area contributed by atoms with Crippen LogP contribution in [0.2, 0.25) is 0 Å². The second-order valence-corrected chi connectivity index (χ2v) is 7.52. The summed E-state index contributed by atoms with van der Waals surface area (Å²) in [4.78, 5) is 7.07. The third-order valence-corrected chi connectivity index (χ3v) is 5.56. The van der Waals surface area contributed by atoms with E-state index in [9.17, 15) is 0 Å². The van der Waals surface area contributed by atoms with Crippen LogP contribution in [-0.2, 0) is 6.54 Å². The molecule has 5 heteroatoms. The van der Waals surface area contributed by atoms with Crippen LogP contribution >= 0.6 is 0 Å². The van der Waals surface area contributed by atoms with Gasteiger partial charge in [-0.25, -0.2) is 4.98 Å². The lowest BCUT2D eigenvalue weighted by molar-refractivity contribution is 0.194. The molecule has 0 amide bonds. The minimum Gasteiger partial charge on any atom is -0.326 e. The highest BCUT2D eigenvalue weighted by atomic mass is 15.3. The smallest absolute Gasteiger partial charge is 0.0954 e. The molecule has 142 valence electrons. The molecular weight excluding hydrogens is 334 g/mol. The van der Waals surface area contributed by atoms with E-state index in [1.165, 1.54) is 37.9 Å². The predicted molar refractivity (Wildman–Crippen MR) is 109 cm³/mol. The van der Waals surface area contributed by atoms with Crippen molar-refractivity contribution in [3.63, 3.8) is 0 Å². The number of nitrogens with zero attached hydrogens (tertiary/aromatic N) is 5. The van der Waals surface area contributed by atoms with Gasteiger partial charge in [-0.2, -0.15) is 5.10 Å². The van der Waals surface area contributed by atoms with Crippen molar-refractivity contribution >= 4 is 0 Å². The summed E-state index contributed by atoms with van der Waals surface area (Å²) in [5, 5.41) is 4.57. The highest BCUT2D eigenvalue weighted by Crippen LogP contribution is 2.25. The maximum absolute atomic E-state index is 4.57. The van der Waals surface area contributed by atoms with Crippen molar-refractivity contribution in [2.75, 3.05) is 19.6 Å². The molecule has 27 heavy (non-hydrogen) atoms. The van der Waals surface area contributed by atoms with Crippen LogP contribution in [0, 0.1) is 0 Å². The Kier molecular flexibility index (Phi) is 5.68. The summed E-state index contributed by atoms with van der Waals surface area (Å²) in [5.74, 6) is 0. The quantitative estimate of drug-likeness (QED) is 0.630. The highest BCUT2D eigenvalue weighted by molar-refractivity contribution is 5.56. The lowest BCUT2D eigenvalue weighted by atomic mass is 10.1. The van der Waals surface area contributed by atoms with Crippen LogP contribution in [0.5, 0.6) is 0 Å². The molecule has 2 aromatic heterocycles. The molecule has 0 aliphatic carbocycles. The van der Waals surface area contributed by atoms with Gasteiger partial charge in [-0.1, -0.05) is 43.7 Å². The molecule has 0 bridgehead atoms. The van der Waals surface area contributed by atoms with E-state index in [2.05, 4.69) is 56.9 Å². The van der Waals surface area contributed by atoms with Crippen LogP contribution in [0.3, 0.4) is 0 Å². The Hall–Kier alpha value is -2.40. The summed E-state index contributed by atoms with van der Waals surface area (Å²) in [6.07, 6.45) is 13.2. The number of benzene rings is 1. The first-order valence-electron chi connectivity index (χ1n) is 10.1. The fourth-order valence-electron chi connectivity index (χ4n) is 4.03. The average molecular weight is 364 g/mol. The molecule has 1 fully saturated rings. The van der Waals surface area contributed by atoms with Crippen molar-refractivity contribution in [2.24, 2.45) is 0 Å². The topological polar surface area (TPSA) is 38.9 Å². The van der Waals surface area contributed by atoms with Crippen molar-refractivity contribution in [1.82, 2.24) is 24.2 Å². The highest BCUT2D eigenvalue weighted by Gasteiger charge is 2.19. The number of hydrogen-bond donors (Lipinski definition) is 0. The normalized spacial score (nSPS) is 16.5. The molecule has 1 aliphatic rings. The number of hydrogen-bond acceptors (Lipinski definition) is 3. The Morgan fingerprint density at radius 1 is 1.04 bits per heavy atom. The molecule has 1 unspecified atom stereocenters. The Labute approximate surface area is 161 Å². The van der Waals surface area contributed by atoms with Crippen molar-refractivity contribution in [2.45, 2.75) is 45.2 Å². The molecule has 1 saturated heterocycles. The lowest BCUT2D eigenvalue weighted by Crippen LogP contribution is -2.35. The van der Waals surface area contributed by atoms with Gasteiger partial charge in [0.15, 0.2) is 0 Å². The Morgan fingerprint density at radius 3 is 2.63 bits per heavy atom. The van der Waals surface area contributed by atoms with E-state index in [4.69, 9.17) is 0 Å². The van der Waals surface area contributed by atoms with E-state index >= 15 is 0 Å². The van der Waals surface area contributed by atoms with E-state index in [0.717, 1.165) is 30.8 Å². The zero-order valence-electron chi connectivity index (χ0n) is 16.2. The molecule has 3 heterocycles. The minimum absolute atomic E-state index is 0.457. The summed E-state index contributed by atoms with van der Waals surface area (Å²) in [5.41, 5.74) is 3.57. The first kappa shape index (κ1) is 18.0. The van der Waals surface area contributed by atoms with Crippen LogP contribution in [0.1, 0.15) is 44.2 Å². The summed E-state index contributed by atoms with van der Waals surface area (Å²) < 4.78 is 4.35. The van der Waals surface area contributed by atoms with Crippen molar-refractivity contribution in [1.29, 1.82) is 0 Å². The number of likely N-dealkylation sites (tertiary alicyclic amines) is 1. The molecular formula is C22H29N5. The van der Waals surface area contributed by atoms with E-state index in [0.29, 0.717) is 6.04 Å². The molecule has 1 aliphatic heterocycles. The molecule has 1 atom stereocenters. The second-order valence-electron chi connectivity index (χ2n) is 7.52. The molecule has 1 aromatic carbocycles. The standard InChI is InChI=1S/C22H29N5/c1-2-21(17-25-11-7-4-8-12-25)27-18-23-14-22(27)20-13-24-26(16-20)15-19-9-5-3-6-10-19/h3,5-6,9-10,13-14,16,18,21H,2,4,7-8,11-12,15,17H2,1H3. The zero-order chi connectivity index (χ0) is 18.5. The van der Waals surface area contributed by atoms with E-state index in [-0.39, 0.29) is 0 Å². The number of piperidine rings is 1. The van der Waals surface area contributed by atoms with Gasteiger partial charge in [0.2, 0.25) is 0 Å². The van der Waals surface area contributed by atoms with Crippen LogP contribution < -0.4 is 0 Å². The number of rotatable bonds is 7. The van der Waals surface area contributed by atoms with Gasteiger partial charge in [0.1, 0.15) is 0 Å². The van der Waals surface area contributed by atoms with Crippen LogP contribution in [-0.4, -0.2) is 43.9 Å². The fraction of sp³-hybridized carbons (Fsp3) is 0.455. The van der Waals surface area contributed by atoms with Crippen molar-refractivity contribution in [3.05, 3.63) is 60.8 Å². The first-order chi connectivity index (χ1) is 13.3. The van der Waals surface area contributed by atoms with Gasteiger partial charge in [0.05, 0.1) is 31.0 Å². The van der Waals surface area contributed by atoms with Gasteiger partial charge in [0, 0.05) is 24.3 Å². The van der Waals surface area contributed by atoms with Gasteiger partial charge < -0.3 is 9.47 Å². The van der Waals surface area contributed by atoms with Crippen molar-refractivity contribution < 1.29 is 0 Å². The maximum Gasteiger partial charge on any atom is 0.0954 e. The third-order valence-electron chi connectivity index (χ3n) is 5.56. The van der Waals surface area contributed by atoms with Crippen LogP contribution in [0.4, 0.5) is 0 Å². The van der Waals surface area contributed by atoms with Crippen LogP contribution in [0.25, 0.3) is 11.3 Å². The van der Waals surface area contributed by atoms with E-state index < -0.39 is 0 Å². The van der Waals surface area contributed by atoms with Gasteiger partial charge in [-0.05, 0) is 37.9 Å². The van der Waals surface area contributed by atoms with Gasteiger partial charge in [-0.3, -0.25) is 4.68 Å². The van der Waals surface area contributed by atoms with Crippen molar-refractivity contribution in [3.8, 4) is 11.3 Å². The van der Waals surface area contributed by atoms with Gasteiger partial charge >= 0.3 is 0 Å². The van der Waals surface area contributed by atoms with Gasteiger partial charge in [0.25, 0.3) is 0 Å². The summed E-state index contributed by atoms with van der Waals surface area (Å²) in [6.45, 7) is 6.64. The third kappa shape index (κ3) is 4.30. The zero-order valence-corrected chi connectivity index (χ0v) is 16.2.